The fourth-order valence-electron chi connectivity index (χ4n) is 6.17. The van der Waals surface area contributed by atoms with Crippen LogP contribution in [0.25, 0.3) is 0 Å². The third-order valence-corrected chi connectivity index (χ3v) is 8.25. The van der Waals surface area contributed by atoms with Gasteiger partial charge in [0.05, 0.1) is 26.1 Å². The van der Waals surface area contributed by atoms with Crippen LogP contribution in [0.5, 0.6) is 5.75 Å². The summed E-state index contributed by atoms with van der Waals surface area (Å²) in [6.07, 6.45) is -1.25. The first-order chi connectivity index (χ1) is 19.9. The van der Waals surface area contributed by atoms with E-state index in [1.807, 2.05) is 31.2 Å². The van der Waals surface area contributed by atoms with Gasteiger partial charge in [-0.1, -0.05) is 29.8 Å². The fourth-order valence-corrected chi connectivity index (χ4v) is 6.35. The minimum atomic E-state index is -1.77. The summed E-state index contributed by atoms with van der Waals surface area (Å²) in [7, 11) is 0. The number of hydrogen-bond acceptors (Lipinski definition) is 8. The predicted octanol–water partition coefficient (Wildman–Crippen LogP) is 4.12. The van der Waals surface area contributed by atoms with Crippen molar-refractivity contribution in [3.8, 4) is 5.75 Å². The van der Waals surface area contributed by atoms with E-state index < -0.39 is 78.9 Å². The highest BCUT2D eigenvalue weighted by Crippen LogP contribution is 2.60. The van der Waals surface area contributed by atoms with E-state index in [9.17, 15) is 34.5 Å². The maximum Gasteiger partial charge on any atom is 0.303 e. The van der Waals surface area contributed by atoms with Crippen LogP contribution in [0.1, 0.15) is 49.8 Å². The largest absolute Gasteiger partial charge is 0.494 e. The summed E-state index contributed by atoms with van der Waals surface area (Å²) in [5.41, 5.74) is 0.457. The third kappa shape index (κ3) is 6.53. The number of rotatable bonds is 13. The Hall–Kier alpha value is -3.67. The van der Waals surface area contributed by atoms with Crippen molar-refractivity contribution in [2.75, 3.05) is 19.8 Å². The van der Waals surface area contributed by atoms with E-state index in [-0.39, 0.29) is 6.61 Å². The summed E-state index contributed by atoms with van der Waals surface area (Å²) < 4.78 is 23.6. The van der Waals surface area contributed by atoms with Gasteiger partial charge < -0.3 is 34.3 Å². The number of aliphatic carboxylic acids is 3. The van der Waals surface area contributed by atoms with Crippen LogP contribution in [0.4, 0.5) is 0 Å². The smallest absolute Gasteiger partial charge is 0.303 e. The number of halogens is 1. The second kappa shape index (κ2) is 12.7. The molecule has 2 aliphatic rings. The summed E-state index contributed by atoms with van der Waals surface area (Å²) in [5, 5.41) is 29.9. The van der Waals surface area contributed by atoms with E-state index in [1.54, 1.807) is 18.2 Å². The van der Waals surface area contributed by atoms with Crippen LogP contribution in [-0.4, -0.2) is 64.6 Å². The van der Waals surface area contributed by atoms with Gasteiger partial charge in [0.1, 0.15) is 18.0 Å². The minimum absolute atomic E-state index is 0.249. The quantitative estimate of drug-likeness (QED) is 0.281. The number of esters is 1. The highest BCUT2D eigenvalue weighted by Gasteiger charge is 2.68. The predicted molar refractivity (Wildman–Crippen MR) is 147 cm³/mol. The van der Waals surface area contributed by atoms with Crippen molar-refractivity contribution >= 4 is 35.5 Å². The first-order valence-corrected chi connectivity index (χ1v) is 13.9. The Labute approximate surface area is 247 Å². The number of carbonyl (C=O) groups is 4. The Morgan fingerprint density at radius 2 is 1.60 bits per heavy atom. The molecule has 226 valence electrons. The van der Waals surface area contributed by atoms with Crippen molar-refractivity contribution in [1.29, 1.82) is 0 Å². The molecular weight excluding hydrogens is 572 g/mol. The van der Waals surface area contributed by atoms with Gasteiger partial charge in [-0.05, 0) is 54.7 Å². The Kier molecular flexibility index (Phi) is 9.44. The van der Waals surface area contributed by atoms with Gasteiger partial charge in [-0.3, -0.25) is 19.2 Å². The number of hydrogen-bond donors (Lipinski definition) is 3. The van der Waals surface area contributed by atoms with Crippen LogP contribution >= 0.6 is 11.6 Å². The summed E-state index contributed by atoms with van der Waals surface area (Å²) >= 11 is 6.57. The standard InChI is InChI=1S/C30H33ClO11/c1-3-39-21-7-4-18(5-8-21)10-19-11-20(6-9-25(19)31)30-24(14-28(37)38)22(12-26(33)34)23(13-27(35)36)29(42-30,16-41-30)15-40-17(2)32/h4-9,11,22-24H,3,10,12-16H2,1-2H3,(H,33,34)(H,35,36)(H,37,38)/t22?,23?,24?,29-,30+/m0/s1. The van der Waals surface area contributed by atoms with Crippen LogP contribution in [-0.2, 0) is 45.6 Å². The van der Waals surface area contributed by atoms with Crippen molar-refractivity contribution in [3.63, 3.8) is 0 Å². The Bertz CT molecular complexity index is 1340. The molecule has 5 atom stereocenters. The molecule has 3 N–H and O–H groups in total. The monoisotopic (exact) mass is 604 g/mol. The molecule has 2 aromatic rings. The van der Waals surface area contributed by atoms with Gasteiger partial charge >= 0.3 is 23.9 Å². The average molecular weight is 605 g/mol. The number of carboxylic acids is 3. The molecular formula is C30H33ClO11. The molecule has 2 aliphatic heterocycles. The van der Waals surface area contributed by atoms with Gasteiger partial charge in [0, 0.05) is 35.8 Å². The van der Waals surface area contributed by atoms with Crippen molar-refractivity contribution in [2.45, 2.75) is 50.9 Å². The Balaban J connectivity index is 1.82. The van der Waals surface area contributed by atoms with E-state index in [2.05, 4.69) is 0 Å². The van der Waals surface area contributed by atoms with E-state index in [4.69, 9.17) is 30.5 Å². The Morgan fingerprint density at radius 3 is 2.19 bits per heavy atom. The lowest BCUT2D eigenvalue weighted by Gasteiger charge is -2.51. The zero-order chi connectivity index (χ0) is 30.7. The minimum Gasteiger partial charge on any atom is -0.494 e. The molecule has 2 saturated heterocycles. The van der Waals surface area contributed by atoms with Crippen LogP contribution in [0, 0.1) is 17.8 Å². The number of fused-ring (bicyclic) bond motifs is 2. The van der Waals surface area contributed by atoms with Gasteiger partial charge in [0.15, 0.2) is 5.79 Å². The maximum atomic E-state index is 12.1. The topological polar surface area (TPSA) is 166 Å². The first kappa shape index (κ1) is 31.3. The van der Waals surface area contributed by atoms with Crippen molar-refractivity contribution in [2.24, 2.45) is 17.8 Å². The van der Waals surface area contributed by atoms with Gasteiger partial charge in [0.2, 0.25) is 0 Å². The summed E-state index contributed by atoms with van der Waals surface area (Å²) in [6, 6.07) is 12.4. The Morgan fingerprint density at radius 1 is 0.952 bits per heavy atom. The van der Waals surface area contributed by atoms with Gasteiger partial charge in [-0.15, -0.1) is 0 Å². The maximum absolute atomic E-state index is 12.1. The van der Waals surface area contributed by atoms with E-state index in [0.717, 1.165) is 11.3 Å². The first-order valence-electron chi connectivity index (χ1n) is 13.5. The molecule has 0 spiro atoms. The van der Waals surface area contributed by atoms with E-state index in [0.29, 0.717) is 29.2 Å². The van der Waals surface area contributed by atoms with Crippen molar-refractivity contribution in [1.82, 2.24) is 0 Å². The second-order valence-electron chi connectivity index (χ2n) is 10.6. The number of ether oxygens (including phenoxy) is 4. The molecule has 11 nitrogen and oxygen atoms in total. The molecule has 4 rings (SSSR count). The van der Waals surface area contributed by atoms with Crippen LogP contribution in [0.3, 0.4) is 0 Å². The molecule has 0 aliphatic carbocycles. The lowest BCUT2D eigenvalue weighted by atomic mass is 9.64. The number of carboxylic acid groups (broad SMARTS) is 3. The molecule has 0 saturated carbocycles. The second-order valence-corrected chi connectivity index (χ2v) is 11.0. The van der Waals surface area contributed by atoms with Crippen LogP contribution in [0.2, 0.25) is 5.02 Å². The van der Waals surface area contributed by atoms with Gasteiger partial charge in [-0.25, -0.2) is 0 Å². The van der Waals surface area contributed by atoms with Crippen molar-refractivity contribution < 1.29 is 53.4 Å². The third-order valence-electron chi connectivity index (χ3n) is 7.88. The molecule has 0 amide bonds. The molecule has 12 heteroatoms. The zero-order valence-electron chi connectivity index (χ0n) is 23.2. The van der Waals surface area contributed by atoms with E-state index in [1.165, 1.54) is 6.92 Å². The lowest BCUT2D eigenvalue weighted by Crippen LogP contribution is -2.59. The molecule has 3 unspecified atom stereocenters. The summed E-state index contributed by atoms with van der Waals surface area (Å²) in [4.78, 5) is 47.9. The summed E-state index contributed by atoms with van der Waals surface area (Å²) in [5.74, 6) is -8.54. The van der Waals surface area contributed by atoms with Crippen LogP contribution in [0.15, 0.2) is 42.5 Å². The van der Waals surface area contributed by atoms with Crippen molar-refractivity contribution in [3.05, 3.63) is 64.2 Å². The number of benzene rings is 2. The van der Waals surface area contributed by atoms with Crippen LogP contribution < -0.4 is 4.74 Å². The normalized spacial score (nSPS) is 26.4. The zero-order valence-corrected chi connectivity index (χ0v) is 24.0. The lowest BCUT2D eigenvalue weighted by molar-refractivity contribution is -0.295. The molecule has 2 fully saturated rings. The average Bonchev–Trinajstić information content (AvgIpc) is 3.28. The summed E-state index contributed by atoms with van der Waals surface area (Å²) in [6.45, 7) is 2.96. The molecule has 2 heterocycles. The van der Waals surface area contributed by atoms with E-state index >= 15 is 0 Å². The molecule has 42 heavy (non-hydrogen) atoms. The van der Waals surface area contributed by atoms with Gasteiger partial charge in [-0.2, -0.15) is 0 Å². The molecule has 2 bridgehead atoms. The highest BCUT2D eigenvalue weighted by atomic mass is 35.5. The fraction of sp³-hybridized carbons (Fsp3) is 0.467. The van der Waals surface area contributed by atoms with Gasteiger partial charge in [0.25, 0.3) is 0 Å². The molecule has 0 radical (unpaired) electrons. The molecule has 2 aromatic carbocycles. The number of carbonyl (C=O) groups excluding carboxylic acids is 1. The SMILES string of the molecule is CCOc1ccc(Cc2cc([C@@]34OC[C@](COC(C)=O)(O3)C(CC(=O)O)C(CC(=O)O)C4CC(=O)O)ccc2Cl)cc1. The highest BCUT2D eigenvalue weighted by molar-refractivity contribution is 6.31. The molecule has 0 aromatic heterocycles.